The molecule has 2 aromatic carbocycles. The number of aryl methyl sites for hydroxylation is 2. The highest BCUT2D eigenvalue weighted by Crippen LogP contribution is 2.33. The summed E-state index contributed by atoms with van der Waals surface area (Å²) in [6.45, 7) is 3.85. The molecule has 6 heteroatoms. The van der Waals surface area contributed by atoms with E-state index in [4.69, 9.17) is 22.1 Å². The van der Waals surface area contributed by atoms with Crippen molar-refractivity contribution in [3.05, 3.63) is 64.9 Å². The number of rotatable bonds is 4. The minimum Gasteiger partial charge on any atom is -0.437 e. The first kappa shape index (κ1) is 16.1. The normalized spacial score (nSPS) is 10.5. The molecule has 24 heavy (non-hydrogen) atoms. The minimum atomic E-state index is 0.296. The first-order valence-electron chi connectivity index (χ1n) is 7.41. The summed E-state index contributed by atoms with van der Waals surface area (Å²) in [5, 5.41) is 3.88. The first-order chi connectivity index (χ1) is 11.5. The Morgan fingerprint density at radius 3 is 2.38 bits per heavy atom. The summed E-state index contributed by atoms with van der Waals surface area (Å²) in [4.78, 5) is 8.30. The van der Waals surface area contributed by atoms with Gasteiger partial charge in [0, 0.05) is 10.7 Å². The number of nitrogens with zero attached hydrogens (tertiary/aromatic N) is 2. The Bertz CT molecular complexity index is 845. The molecule has 3 rings (SSSR count). The van der Waals surface area contributed by atoms with Gasteiger partial charge >= 0.3 is 0 Å². The van der Waals surface area contributed by atoms with E-state index in [0.29, 0.717) is 23.1 Å². The van der Waals surface area contributed by atoms with Crippen LogP contribution in [0, 0.1) is 13.8 Å². The zero-order chi connectivity index (χ0) is 17.1. The molecule has 0 atom stereocenters. The molecule has 0 aliphatic rings. The zero-order valence-corrected chi connectivity index (χ0v) is 14.1. The minimum absolute atomic E-state index is 0.296. The third-order valence-electron chi connectivity index (χ3n) is 3.51. The molecule has 3 aromatic rings. The van der Waals surface area contributed by atoms with Gasteiger partial charge in [0.1, 0.15) is 17.8 Å². The molecule has 0 radical (unpaired) electrons. The van der Waals surface area contributed by atoms with Crippen molar-refractivity contribution < 1.29 is 4.74 Å². The lowest BCUT2D eigenvalue weighted by atomic mass is 10.1. The monoisotopic (exact) mass is 340 g/mol. The number of nitrogens with two attached hydrogens (primary N) is 1. The number of para-hydroxylation sites is 1. The fourth-order valence-corrected chi connectivity index (χ4v) is 2.40. The van der Waals surface area contributed by atoms with E-state index < -0.39 is 0 Å². The van der Waals surface area contributed by atoms with Crippen molar-refractivity contribution in [1.82, 2.24) is 9.97 Å². The summed E-state index contributed by atoms with van der Waals surface area (Å²) in [6, 6.07) is 13.3. The number of hydrogen-bond donors (Lipinski definition) is 2. The second-order valence-electron chi connectivity index (χ2n) is 5.41. The fourth-order valence-electron chi connectivity index (χ4n) is 2.30. The van der Waals surface area contributed by atoms with Crippen molar-refractivity contribution in [2.75, 3.05) is 11.1 Å². The van der Waals surface area contributed by atoms with Gasteiger partial charge in [-0.1, -0.05) is 29.8 Å². The van der Waals surface area contributed by atoms with Crippen LogP contribution in [-0.4, -0.2) is 9.97 Å². The SMILES string of the molecule is Cc1cc(Oc2ncnc(Nc3ccccc3)c2N)cc(C)c1Cl. The van der Waals surface area contributed by atoms with Crippen LogP contribution in [0.5, 0.6) is 11.6 Å². The van der Waals surface area contributed by atoms with Gasteiger partial charge in [0.05, 0.1) is 0 Å². The lowest BCUT2D eigenvalue weighted by Gasteiger charge is -2.13. The fraction of sp³-hybridized carbons (Fsp3) is 0.111. The van der Waals surface area contributed by atoms with E-state index >= 15 is 0 Å². The lowest BCUT2D eigenvalue weighted by molar-refractivity contribution is 0.464. The number of ether oxygens (including phenoxy) is 1. The van der Waals surface area contributed by atoms with E-state index in [-0.39, 0.29) is 0 Å². The van der Waals surface area contributed by atoms with Crippen LogP contribution in [0.3, 0.4) is 0 Å². The van der Waals surface area contributed by atoms with Gasteiger partial charge in [-0.3, -0.25) is 0 Å². The van der Waals surface area contributed by atoms with E-state index in [0.717, 1.165) is 21.8 Å². The van der Waals surface area contributed by atoms with Gasteiger partial charge in [0.15, 0.2) is 5.82 Å². The molecule has 0 bridgehead atoms. The molecule has 1 aromatic heterocycles. The maximum absolute atomic E-state index is 6.18. The van der Waals surface area contributed by atoms with E-state index in [1.807, 2.05) is 56.3 Å². The highest BCUT2D eigenvalue weighted by atomic mass is 35.5. The molecule has 3 N–H and O–H groups in total. The van der Waals surface area contributed by atoms with Crippen LogP contribution < -0.4 is 15.8 Å². The Hall–Kier alpha value is -2.79. The van der Waals surface area contributed by atoms with Crippen molar-refractivity contribution in [3.8, 4) is 11.6 Å². The Morgan fingerprint density at radius 2 is 1.71 bits per heavy atom. The standard InChI is InChI=1S/C18H17ClN4O/c1-11-8-14(9-12(2)15(11)19)24-18-16(20)17(21-10-22-18)23-13-6-4-3-5-7-13/h3-10H,20H2,1-2H3,(H,21,22,23). The highest BCUT2D eigenvalue weighted by Gasteiger charge is 2.12. The summed E-state index contributed by atoms with van der Waals surface area (Å²) < 4.78 is 5.83. The van der Waals surface area contributed by atoms with Crippen LogP contribution >= 0.6 is 11.6 Å². The van der Waals surface area contributed by atoms with Gasteiger partial charge in [0.25, 0.3) is 0 Å². The maximum atomic E-state index is 6.18. The maximum Gasteiger partial charge on any atom is 0.248 e. The summed E-state index contributed by atoms with van der Waals surface area (Å²) in [5.74, 6) is 1.42. The van der Waals surface area contributed by atoms with Gasteiger partial charge in [0.2, 0.25) is 5.88 Å². The molecule has 0 saturated heterocycles. The summed E-state index contributed by atoms with van der Waals surface area (Å²) >= 11 is 6.18. The molecule has 122 valence electrons. The second kappa shape index (κ2) is 6.76. The van der Waals surface area contributed by atoms with Gasteiger partial charge in [-0.15, -0.1) is 0 Å². The van der Waals surface area contributed by atoms with Crippen molar-refractivity contribution in [3.63, 3.8) is 0 Å². The molecule has 0 aliphatic carbocycles. The third kappa shape index (κ3) is 3.41. The van der Waals surface area contributed by atoms with Crippen molar-refractivity contribution in [2.45, 2.75) is 13.8 Å². The Balaban J connectivity index is 1.88. The molecule has 0 amide bonds. The van der Waals surface area contributed by atoms with Crippen LogP contribution in [0.2, 0.25) is 5.02 Å². The predicted molar refractivity (Wildman–Crippen MR) is 97.2 cm³/mol. The van der Waals surface area contributed by atoms with Gasteiger partial charge in [-0.25, -0.2) is 4.98 Å². The average Bonchev–Trinajstić information content (AvgIpc) is 2.57. The Morgan fingerprint density at radius 1 is 1.04 bits per heavy atom. The Labute approximate surface area is 145 Å². The van der Waals surface area contributed by atoms with E-state index in [2.05, 4.69) is 15.3 Å². The van der Waals surface area contributed by atoms with Gasteiger partial charge in [-0.2, -0.15) is 4.98 Å². The van der Waals surface area contributed by atoms with Gasteiger partial charge in [-0.05, 0) is 49.2 Å². The smallest absolute Gasteiger partial charge is 0.248 e. The van der Waals surface area contributed by atoms with Crippen LogP contribution in [0.4, 0.5) is 17.2 Å². The molecule has 0 spiro atoms. The van der Waals surface area contributed by atoms with E-state index in [1.54, 1.807) is 0 Å². The van der Waals surface area contributed by atoms with Crippen molar-refractivity contribution in [1.29, 1.82) is 0 Å². The number of aromatic nitrogens is 2. The van der Waals surface area contributed by atoms with Crippen molar-refractivity contribution >= 4 is 28.8 Å². The largest absolute Gasteiger partial charge is 0.437 e. The Kier molecular flexibility index (Phi) is 4.53. The molecule has 0 saturated carbocycles. The van der Waals surface area contributed by atoms with E-state index in [1.165, 1.54) is 6.33 Å². The van der Waals surface area contributed by atoms with E-state index in [9.17, 15) is 0 Å². The lowest BCUT2D eigenvalue weighted by Crippen LogP contribution is -2.03. The molecule has 0 aliphatic heterocycles. The average molecular weight is 341 g/mol. The molecule has 5 nitrogen and oxygen atoms in total. The number of anilines is 3. The molecular weight excluding hydrogens is 324 g/mol. The number of nitrogens with one attached hydrogen (secondary N) is 1. The van der Waals surface area contributed by atoms with Crippen molar-refractivity contribution in [2.24, 2.45) is 0 Å². The first-order valence-corrected chi connectivity index (χ1v) is 7.79. The number of halogens is 1. The third-order valence-corrected chi connectivity index (χ3v) is 4.10. The van der Waals surface area contributed by atoms with Crippen LogP contribution in [0.25, 0.3) is 0 Å². The second-order valence-corrected chi connectivity index (χ2v) is 5.78. The number of hydrogen-bond acceptors (Lipinski definition) is 5. The highest BCUT2D eigenvalue weighted by molar-refractivity contribution is 6.32. The number of benzene rings is 2. The quantitative estimate of drug-likeness (QED) is 0.709. The summed E-state index contributed by atoms with van der Waals surface area (Å²) in [6.07, 6.45) is 1.41. The van der Waals surface area contributed by atoms with Crippen LogP contribution in [0.1, 0.15) is 11.1 Å². The zero-order valence-electron chi connectivity index (χ0n) is 13.4. The summed E-state index contributed by atoms with van der Waals surface area (Å²) in [5.41, 5.74) is 9.23. The molecule has 0 fully saturated rings. The molecular formula is C18H17ClN4O. The van der Waals surface area contributed by atoms with Crippen LogP contribution in [0.15, 0.2) is 48.8 Å². The van der Waals surface area contributed by atoms with Gasteiger partial charge < -0.3 is 15.8 Å². The van der Waals surface area contributed by atoms with Crippen LogP contribution in [-0.2, 0) is 0 Å². The predicted octanol–water partition coefficient (Wildman–Crippen LogP) is 4.86. The molecule has 1 heterocycles. The topological polar surface area (TPSA) is 73.1 Å². The number of nitrogen functional groups attached to an aromatic ring is 1. The summed E-state index contributed by atoms with van der Waals surface area (Å²) in [7, 11) is 0. The molecule has 0 unspecified atom stereocenters.